The van der Waals surface area contributed by atoms with E-state index in [1.807, 2.05) is 6.07 Å². The molecule has 3 rings (SSSR count). The fraction of sp³-hybridized carbons (Fsp3) is 0.533. The third kappa shape index (κ3) is 2.18. The molecule has 0 radical (unpaired) electrons. The molecule has 0 N–H and O–H groups in total. The van der Waals surface area contributed by atoms with Crippen LogP contribution in [0.5, 0.6) is 5.75 Å². The second-order valence-corrected chi connectivity index (χ2v) is 5.25. The Labute approximate surface area is 112 Å². The molecule has 0 spiro atoms. The molecule has 1 aliphatic heterocycles. The highest BCUT2D eigenvalue weighted by molar-refractivity contribution is 5.49. The summed E-state index contributed by atoms with van der Waals surface area (Å²) in [5.41, 5.74) is 1.88. The smallest absolute Gasteiger partial charge is 0.235 e. The van der Waals surface area contributed by atoms with Crippen molar-refractivity contribution in [1.82, 2.24) is 0 Å². The Balaban J connectivity index is 2.00. The van der Waals surface area contributed by atoms with Crippen LogP contribution in [0.2, 0.25) is 0 Å². The molecule has 0 aromatic heterocycles. The van der Waals surface area contributed by atoms with Gasteiger partial charge in [0.25, 0.3) is 0 Å². The number of methoxy groups -OCH3 is 1. The zero-order chi connectivity index (χ0) is 13.3. The molecule has 1 aromatic rings. The van der Waals surface area contributed by atoms with Gasteiger partial charge in [0.2, 0.25) is 6.08 Å². The maximum atomic E-state index is 10.6. The van der Waals surface area contributed by atoms with E-state index in [0.717, 1.165) is 43.8 Å². The van der Waals surface area contributed by atoms with Gasteiger partial charge in [-0.2, -0.15) is 4.99 Å². The first-order chi connectivity index (χ1) is 9.29. The molecule has 1 atom stereocenters. The predicted octanol–water partition coefficient (Wildman–Crippen LogP) is 2.52. The number of benzene rings is 1. The molecule has 1 unspecified atom stereocenters. The van der Waals surface area contributed by atoms with Crippen molar-refractivity contribution in [2.24, 2.45) is 4.99 Å². The average Bonchev–Trinajstić information content (AvgIpc) is 3.02. The van der Waals surface area contributed by atoms with E-state index in [2.05, 4.69) is 17.1 Å². The molecular weight excluding hydrogens is 242 g/mol. The normalized spacial score (nSPS) is 23.7. The number of hydrogen-bond acceptors (Lipinski definition) is 4. The molecule has 1 aliphatic carbocycles. The van der Waals surface area contributed by atoms with Crippen LogP contribution >= 0.6 is 0 Å². The van der Waals surface area contributed by atoms with E-state index in [1.165, 1.54) is 5.56 Å². The topological polar surface area (TPSA) is 47.9 Å². The summed E-state index contributed by atoms with van der Waals surface area (Å²) < 4.78 is 10.9. The molecule has 4 nitrogen and oxygen atoms in total. The molecule has 100 valence electrons. The number of isocyanates is 1. The molecular formula is C15H17NO3. The largest absolute Gasteiger partial charge is 0.496 e. The minimum Gasteiger partial charge on any atom is -0.496 e. The molecule has 1 aromatic carbocycles. The van der Waals surface area contributed by atoms with Crippen molar-refractivity contribution in [2.45, 2.75) is 30.7 Å². The van der Waals surface area contributed by atoms with Gasteiger partial charge in [0.05, 0.1) is 13.7 Å². The number of hydrogen-bond donors (Lipinski definition) is 0. The van der Waals surface area contributed by atoms with Crippen molar-refractivity contribution in [3.63, 3.8) is 0 Å². The fourth-order valence-electron chi connectivity index (χ4n) is 2.79. The van der Waals surface area contributed by atoms with E-state index in [4.69, 9.17) is 9.47 Å². The summed E-state index contributed by atoms with van der Waals surface area (Å²) >= 11 is 0. The Morgan fingerprint density at radius 3 is 2.89 bits per heavy atom. The number of ether oxygens (including phenoxy) is 2. The Morgan fingerprint density at radius 1 is 1.47 bits per heavy atom. The fourth-order valence-corrected chi connectivity index (χ4v) is 2.79. The summed E-state index contributed by atoms with van der Waals surface area (Å²) in [6, 6.07) is 6.19. The first kappa shape index (κ1) is 12.4. The van der Waals surface area contributed by atoms with Gasteiger partial charge in [-0.05, 0) is 37.0 Å². The van der Waals surface area contributed by atoms with Crippen LogP contribution in [0.3, 0.4) is 0 Å². The minimum atomic E-state index is -0.386. The molecule has 19 heavy (non-hydrogen) atoms. The van der Waals surface area contributed by atoms with E-state index in [-0.39, 0.29) is 5.54 Å². The van der Waals surface area contributed by atoms with E-state index < -0.39 is 0 Å². The third-order valence-corrected chi connectivity index (χ3v) is 4.11. The summed E-state index contributed by atoms with van der Waals surface area (Å²) in [7, 11) is 1.65. The Morgan fingerprint density at radius 2 is 2.32 bits per heavy atom. The predicted molar refractivity (Wildman–Crippen MR) is 70.2 cm³/mol. The minimum absolute atomic E-state index is 0.386. The highest BCUT2D eigenvalue weighted by Crippen LogP contribution is 2.52. The van der Waals surface area contributed by atoms with E-state index >= 15 is 0 Å². The van der Waals surface area contributed by atoms with Gasteiger partial charge < -0.3 is 9.47 Å². The second kappa shape index (κ2) is 4.80. The quantitative estimate of drug-likeness (QED) is 0.616. The molecule has 0 bridgehead atoms. The molecule has 0 amide bonds. The monoisotopic (exact) mass is 259 g/mol. The summed E-state index contributed by atoms with van der Waals surface area (Å²) in [5.74, 6) is 1.25. The standard InChI is InChI=1S/C15H17NO3/c1-18-14-3-2-11(12-4-7-19-9-12)8-13(14)15(5-6-15)16-10-17/h2-3,8,12H,4-7,9H2,1H3. The number of aliphatic imine (C=N–C) groups is 1. The van der Waals surface area contributed by atoms with Crippen LogP contribution in [0.4, 0.5) is 0 Å². The van der Waals surface area contributed by atoms with Crippen LogP contribution in [0.15, 0.2) is 23.2 Å². The molecule has 1 heterocycles. The lowest BCUT2D eigenvalue weighted by molar-refractivity contribution is 0.194. The summed E-state index contributed by atoms with van der Waals surface area (Å²) in [4.78, 5) is 14.6. The molecule has 1 saturated heterocycles. The van der Waals surface area contributed by atoms with Gasteiger partial charge in [-0.3, -0.25) is 0 Å². The van der Waals surface area contributed by atoms with Gasteiger partial charge in [0, 0.05) is 18.1 Å². The highest BCUT2D eigenvalue weighted by Gasteiger charge is 2.47. The van der Waals surface area contributed by atoms with Crippen LogP contribution in [0.25, 0.3) is 0 Å². The van der Waals surface area contributed by atoms with Crippen molar-refractivity contribution >= 4 is 6.08 Å². The summed E-state index contributed by atoms with van der Waals surface area (Å²) in [6.07, 6.45) is 4.54. The number of rotatable bonds is 4. The maximum absolute atomic E-state index is 10.6. The van der Waals surface area contributed by atoms with Crippen LogP contribution in [-0.2, 0) is 15.1 Å². The average molecular weight is 259 g/mol. The van der Waals surface area contributed by atoms with Gasteiger partial charge in [-0.15, -0.1) is 0 Å². The van der Waals surface area contributed by atoms with Crippen molar-refractivity contribution < 1.29 is 14.3 Å². The van der Waals surface area contributed by atoms with Crippen molar-refractivity contribution in [3.05, 3.63) is 29.3 Å². The number of carbonyl (C=O) groups excluding carboxylic acids is 1. The summed E-state index contributed by atoms with van der Waals surface area (Å²) in [6.45, 7) is 1.60. The first-order valence-corrected chi connectivity index (χ1v) is 6.64. The van der Waals surface area contributed by atoms with Crippen LogP contribution < -0.4 is 4.74 Å². The lowest BCUT2D eigenvalue weighted by Gasteiger charge is -2.17. The highest BCUT2D eigenvalue weighted by atomic mass is 16.5. The molecule has 2 fully saturated rings. The third-order valence-electron chi connectivity index (χ3n) is 4.11. The molecule has 1 saturated carbocycles. The van der Waals surface area contributed by atoms with Gasteiger partial charge in [-0.25, -0.2) is 4.79 Å². The van der Waals surface area contributed by atoms with Crippen molar-refractivity contribution in [1.29, 1.82) is 0 Å². The van der Waals surface area contributed by atoms with Crippen LogP contribution in [-0.4, -0.2) is 26.4 Å². The van der Waals surface area contributed by atoms with E-state index in [9.17, 15) is 4.79 Å². The Bertz CT molecular complexity index is 524. The van der Waals surface area contributed by atoms with Crippen molar-refractivity contribution in [2.75, 3.05) is 20.3 Å². The SMILES string of the molecule is COc1ccc(C2CCOC2)cc1C1(N=C=O)CC1. The zero-order valence-electron chi connectivity index (χ0n) is 11.0. The van der Waals surface area contributed by atoms with Gasteiger partial charge >= 0.3 is 0 Å². The molecule has 2 aliphatic rings. The van der Waals surface area contributed by atoms with E-state index in [0.29, 0.717) is 5.92 Å². The molecule has 4 heteroatoms. The summed E-state index contributed by atoms with van der Waals surface area (Å²) in [5, 5.41) is 0. The first-order valence-electron chi connectivity index (χ1n) is 6.64. The number of nitrogens with zero attached hydrogens (tertiary/aromatic N) is 1. The lowest BCUT2D eigenvalue weighted by atomic mass is 9.93. The van der Waals surface area contributed by atoms with Crippen molar-refractivity contribution in [3.8, 4) is 5.75 Å². The van der Waals surface area contributed by atoms with Gasteiger partial charge in [0.1, 0.15) is 11.3 Å². The Kier molecular flexibility index (Phi) is 3.13. The van der Waals surface area contributed by atoms with Gasteiger partial charge in [-0.1, -0.05) is 6.07 Å². The van der Waals surface area contributed by atoms with E-state index in [1.54, 1.807) is 13.2 Å². The Hall–Kier alpha value is -1.64. The van der Waals surface area contributed by atoms with Crippen LogP contribution in [0, 0.1) is 0 Å². The van der Waals surface area contributed by atoms with Gasteiger partial charge in [0.15, 0.2) is 0 Å². The lowest BCUT2D eigenvalue weighted by Crippen LogP contribution is -2.08. The zero-order valence-corrected chi connectivity index (χ0v) is 11.0. The maximum Gasteiger partial charge on any atom is 0.235 e. The van der Waals surface area contributed by atoms with Crippen LogP contribution in [0.1, 0.15) is 36.3 Å². The second-order valence-electron chi connectivity index (χ2n) is 5.25.